The van der Waals surface area contributed by atoms with Crippen LogP contribution in [0.4, 0.5) is 0 Å². The third kappa shape index (κ3) is 4.71. The minimum absolute atomic E-state index is 0.0488. The number of para-hydroxylation sites is 1. The molecule has 4 rings (SSSR count). The first-order valence-electron chi connectivity index (χ1n) is 12.3. The van der Waals surface area contributed by atoms with Gasteiger partial charge in [-0.25, -0.2) is 0 Å². The molecule has 1 aliphatic rings. The van der Waals surface area contributed by atoms with E-state index in [-0.39, 0.29) is 18.0 Å². The number of nitrogens with zero attached hydrogens (tertiary/aromatic N) is 1. The van der Waals surface area contributed by atoms with Crippen molar-refractivity contribution in [2.75, 3.05) is 14.2 Å². The second kappa shape index (κ2) is 10.5. The maximum atomic E-state index is 12.7. The molecule has 33 heavy (non-hydrogen) atoms. The molecule has 1 aliphatic heterocycles. The highest BCUT2D eigenvalue weighted by molar-refractivity contribution is 5.41. The van der Waals surface area contributed by atoms with Crippen molar-refractivity contribution in [1.29, 1.82) is 0 Å². The maximum absolute atomic E-state index is 12.7. The number of ether oxygens (including phenoxy) is 1. The van der Waals surface area contributed by atoms with E-state index in [9.17, 15) is 5.11 Å². The first-order valence-corrected chi connectivity index (χ1v) is 12.3. The Kier molecular flexibility index (Phi) is 7.52. The van der Waals surface area contributed by atoms with Crippen LogP contribution in [0.5, 0.6) is 5.75 Å². The van der Waals surface area contributed by atoms with Crippen LogP contribution in [0.25, 0.3) is 0 Å². The number of hydrogen-bond donors (Lipinski definition) is 1. The van der Waals surface area contributed by atoms with Crippen molar-refractivity contribution in [3.63, 3.8) is 0 Å². The average molecular weight is 444 g/mol. The number of likely N-dealkylation sites (tertiary alicyclic amines) is 1. The average Bonchev–Trinajstić information content (AvgIpc) is 2.87. The Morgan fingerprint density at radius 2 is 1.48 bits per heavy atom. The van der Waals surface area contributed by atoms with Gasteiger partial charge in [-0.2, -0.15) is 0 Å². The van der Waals surface area contributed by atoms with Gasteiger partial charge in [0.25, 0.3) is 0 Å². The highest BCUT2D eigenvalue weighted by Gasteiger charge is 2.52. The first kappa shape index (κ1) is 23.5. The second-order valence-electron chi connectivity index (χ2n) is 9.38. The minimum atomic E-state index is -1.01. The number of piperidine rings is 1. The molecule has 1 N–H and O–H groups in total. The summed E-state index contributed by atoms with van der Waals surface area (Å²) in [4.78, 5) is 2.49. The van der Waals surface area contributed by atoms with Crippen LogP contribution in [-0.4, -0.2) is 24.2 Å². The summed E-state index contributed by atoms with van der Waals surface area (Å²) in [5.41, 5.74) is 2.40. The molecule has 0 unspecified atom stereocenters. The summed E-state index contributed by atoms with van der Waals surface area (Å²) in [7, 11) is 3.93. The van der Waals surface area contributed by atoms with Gasteiger partial charge in [0.2, 0.25) is 0 Å². The van der Waals surface area contributed by atoms with Crippen LogP contribution in [0.15, 0.2) is 84.9 Å². The van der Waals surface area contributed by atoms with Crippen LogP contribution < -0.4 is 4.74 Å². The third-order valence-corrected chi connectivity index (χ3v) is 7.45. The summed E-state index contributed by atoms with van der Waals surface area (Å²) in [6.45, 7) is 2.24. The van der Waals surface area contributed by atoms with Crippen molar-refractivity contribution < 1.29 is 9.84 Å². The molecule has 3 aromatic carbocycles. The summed E-state index contributed by atoms with van der Waals surface area (Å²) in [6.07, 6.45) is 5.04. The molecule has 3 aromatic rings. The fourth-order valence-electron chi connectivity index (χ4n) is 5.80. The molecule has 3 heteroatoms. The molecule has 174 valence electrons. The highest BCUT2D eigenvalue weighted by atomic mass is 16.5. The van der Waals surface area contributed by atoms with Crippen molar-refractivity contribution >= 4 is 0 Å². The topological polar surface area (TPSA) is 32.7 Å². The molecule has 0 aromatic heterocycles. The molecule has 3 nitrogen and oxygen atoms in total. The van der Waals surface area contributed by atoms with Crippen LogP contribution >= 0.6 is 0 Å². The summed E-state index contributed by atoms with van der Waals surface area (Å²) < 4.78 is 5.77. The lowest BCUT2D eigenvalue weighted by Gasteiger charge is -2.54. The lowest BCUT2D eigenvalue weighted by Crippen LogP contribution is -2.52. The quantitative estimate of drug-likeness (QED) is 0.385. The largest absolute Gasteiger partial charge is 0.496 e. The zero-order valence-electron chi connectivity index (χ0n) is 20.2. The van der Waals surface area contributed by atoms with E-state index in [1.807, 2.05) is 18.2 Å². The molecule has 0 aliphatic carbocycles. The molecule has 0 bridgehead atoms. The van der Waals surface area contributed by atoms with E-state index >= 15 is 0 Å². The lowest BCUT2D eigenvalue weighted by atomic mass is 9.65. The van der Waals surface area contributed by atoms with Gasteiger partial charge in [-0.05, 0) is 30.7 Å². The van der Waals surface area contributed by atoms with Gasteiger partial charge in [0, 0.05) is 30.0 Å². The number of rotatable bonds is 8. The zero-order chi connectivity index (χ0) is 23.3. The van der Waals surface area contributed by atoms with Crippen molar-refractivity contribution in [3.05, 3.63) is 102 Å². The molecular weight excluding hydrogens is 406 g/mol. The Hall–Kier alpha value is -2.62. The normalized spacial score (nSPS) is 25.6. The summed E-state index contributed by atoms with van der Waals surface area (Å²) in [5.74, 6) is 0.816. The third-order valence-electron chi connectivity index (χ3n) is 7.45. The van der Waals surface area contributed by atoms with Gasteiger partial charge in [-0.1, -0.05) is 105 Å². The van der Waals surface area contributed by atoms with Crippen LogP contribution in [0, 0.1) is 5.92 Å². The van der Waals surface area contributed by atoms with E-state index in [4.69, 9.17) is 4.74 Å². The van der Waals surface area contributed by atoms with Gasteiger partial charge >= 0.3 is 0 Å². The first-order chi connectivity index (χ1) is 16.1. The summed E-state index contributed by atoms with van der Waals surface area (Å²) in [6, 6.07) is 29.5. The van der Waals surface area contributed by atoms with Gasteiger partial charge in [0.15, 0.2) is 0 Å². The van der Waals surface area contributed by atoms with Crippen molar-refractivity contribution in [2.24, 2.45) is 5.92 Å². The Labute approximate surface area is 199 Å². The Morgan fingerprint density at radius 3 is 2.12 bits per heavy atom. The van der Waals surface area contributed by atoms with E-state index in [2.05, 4.69) is 85.6 Å². The molecule has 4 atom stereocenters. The second-order valence-corrected chi connectivity index (χ2v) is 9.38. The fourth-order valence-corrected chi connectivity index (χ4v) is 5.80. The summed E-state index contributed by atoms with van der Waals surface area (Å²) in [5, 5.41) is 12.7. The molecule has 0 spiro atoms. The standard InChI is InChI=1S/C30H37NO2/c1-4-5-8-20-26-29(24-17-11-7-12-18-24)31(2)27(23-15-9-6-10-16-23)22-30(26,32)25-19-13-14-21-28(25)33-3/h6-7,9-19,21,26-27,29,32H,4-5,8,20,22H2,1-3H3/t26-,27-,29+,30-/m1/s1. The van der Waals surface area contributed by atoms with Gasteiger partial charge < -0.3 is 9.84 Å². The van der Waals surface area contributed by atoms with Gasteiger partial charge in [-0.3, -0.25) is 4.90 Å². The minimum Gasteiger partial charge on any atom is -0.496 e. The number of methoxy groups -OCH3 is 1. The van der Waals surface area contributed by atoms with Crippen molar-refractivity contribution in [3.8, 4) is 5.75 Å². The molecule has 1 saturated heterocycles. The predicted molar refractivity (Wildman–Crippen MR) is 135 cm³/mol. The Bertz CT molecular complexity index is 1010. The molecule has 0 amide bonds. The number of hydrogen-bond acceptors (Lipinski definition) is 3. The van der Waals surface area contributed by atoms with Crippen molar-refractivity contribution in [1.82, 2.24) is 4.90 Å². The number of aliphatic hydroxyl groups is 1. The van der Waals surface area contributed by atoms with Crippen LogP contribution in [0.2, 0.25) is 0 Å². The predicted octanol–water partition coefficient (Wildman–Crippen LogP) is 6.90. The van der Waals surface area contributed by atoms with E-state index < -0.39 is 5.60 Å². The lowest BCUT2D eigenvalue weighted by molar-refractivity contribution is -0.131. The van der Waals surface area contributed by atoms with E-state index in [0.717, 1.165) is 30.6 Å². The molecular formula is C30H37NO2. The van der Waals surface area contributed by atoms with Crippen molar-refractivity contribution in [2.45, 2.75) is 56.7 Å². The molecule has 1 heterocycles. The zero-order valence-corrected chi connectivity index (χ0v) is 20.2. The summed E-state index contributed by atoms with van der Waals surface area (Å²) >= 11 is 0. The van der Waals surface area contributed by atoms with Crippen LogP contribution in [0.3, 0.4) is 0 Å². The maximum Gasteiger partial charge on any atom is 0.124 e. The fraction of sp³-hybridized carbons (Fsp3) is 0.400. The van der Waals surface area contributed by atoms with Crippen LogP contribution in [0.1, 0.15) is 67.8 Å². The highest BCUT2D eigenvalue weighted by Crippen LogP contribution is 2.56. The Balaban J connectivity index is 1.88. The van der Waals surface area contributed by atoms with Gasteiger partial charge in [0.05, 0.1) is 12.7 Å². The molecule has 0 radical (unpaired) electrons. The van der Waals surface area contributed by atoms with E-state index in [1.54, 1.807) is 7.11 Å². The van der Waals surface area contributed by atoms with Gasteiger partial charge in [0.1, 0.15) is 5.75 Å². The number of benzene rings is 3. The molecule has 1 fully saturated rings. The smallest absolute Gasteiger partial charge is 0.124 e. The number of unbranched alkanes of at least 4 members (excludes halogenated alkanes) is 2. The SMILES string of the molecule is CCCCC[C@@H]1[C@H](c2ccccc2)N(C)[C@@H](c2ccccc2)C[C@@]1(O)c1ccccc1OC. The van der Waals surface area contributed by atoms with E-state index in [1.165, 1.54) is 17.5 Å². The van der Waals surface area contributed by atoms with E-state index in [0.29, 0.717) is 6.42 Å². The van der Waals surface area contributed by atoms with Gasteiger partial charge in [-0.15, -0.1) is 0 Å². The Morgan fingerprint density at radius 1 is 0.879 bits per heavy atom. The molecule has 0 saturated carbocycles. The monoisotopic (exact) mass is 443 g/mol. The van der Waals surface area contributed by atoms with Crippen LogP contribution in [-0.2, 0) is 5.60 Å².